The number of nitrogens with one attached hydrogen (secondary N) is 1. The fraction of sp³-hybridized carbons (Fsp3) is 0.650. The molecule has 1 aromatic carbocycles. The average Bonchev–Trinajstić information content (AvgIpc) is 3.49. The standard InChI is InChI=1S/C20H31N3O3S/c1-14-4-7-18(12-15(14)2)27(25,26)23-10-8-16(9-11-23)19(24)22-20(3,13-21)17-5-6-17/h4,7,12,16-17H,5-6,8-11,13,21H2,1-3H3,(H,22,24). The van der Waals surface area contributed by atoms with Crippen LogP contribution >= 0.6 is 0 Å². The van der Waals surface area contributed by atoms with Gasteiger partial charge in [0.25, 0.3) is 0 Å². The number of carbonyl (C=O) groups is 1. The molecule has 27 heavy (non-hydrogen) atoms. The minimum atomic E-state index is -3.51. The highest BCUT2D eigenvalue weighted by Crippen LogP contribution is 2.39. The first kappa shape index (κ1) is 20.3. The van der Waals surface area contributed by atoms with Crippen molar-refractivity contribution < 1.29 is 13.2 Å². The molecule has 1 heterocycles. The van der Waals surface area contributed by atoms with Crippen LogP contribution in [0.25, 0.3) is 0 Å². The molecule has 3 N–H and O–H groups in total. The number of hydrogen-bond acceptors (Lipinski definition) is 4. The molecule has 7 heteroatoms. The zero-order valence-electron chi connectivity index (χ0n) is 16.5. The SMILES string of the molecule is Cc1ccc(S(=O)(=O)N2CCC(C(=O)NC(C)(CN)C3CC3)CC2)cc1C. The van der Waals surface area contributed by atoms with E-state index >= 15 is 0 Å². The lowest BCUT2D eigenvalue weighted by Gasteiger charge is -2.35. The molecule has 1 aromatic rings. The Hall–Kier alpha value is -1.44. The van der Waals surface area contributed by atoms with E-state index in [-0.39, 0.29) is 17.4 Å². The van der Waals surface area contributed by atoms with Crippen molar-refractivity contribution in [2.24, 2.45) is 17.6 Å². The van der Waals surface area contributed by atoms with Crippen molar-refractivity contribution in [2.75, 3.05) is 19.6 Å². The Balaban J connectivity index is 1.62. The first-order valence-electron chi connectivity index (χ1n) is 9.77. The third kappa shape index (κ3) is 4.20. The number of aryl methyl sites for hydroxylation is 2. The predicted molar refractivity (Wildman–Crippen MR) is 106 cm³/mol. The minimum Gasteiger partial charge on any atom is -0.349 e. The zero-order chi connectivity index (χ0) is 19.8. The topological polar surface area (TPSA) is 92.5 Å². The first-order valence-corrected chi connectivity index (χ1v) is 11.2. The molecule has 150 valence electrons. The monoisotopic (exact) mass is 393 g/mol. The molecule has 1 aliphatic carbocycles. The highest BCUT2D eigenvalue weighted by Gasteiger charge is 2.43. The van der Waals surface area contributed by atoms with Crippen molar-refractivity contribution in [3.63, 3.8) is 0 Å². The van der Waals surface area contributed by atoms with E-state index in [2.05, 4.69) is 5.32 Å². The van der Waals surface area contributed by atoms with Crippen LogP contribution in [0.2, 0.25) is 0 Å². The quantitative estimate of drug-likeness (QED) is 0.773. The van der Waals surface area contributed by atoms with Crippen LogP contribution in [0.4, 0.5) is 0 Å². The highest BCUT2D eigenvalue weighted by atomic mass is 32.2. The maximum absolute atomic E-state index is 12.9. The number of nitrogens with two attached hydrogens (primary N) is 1. The first-order chi connectivity index (χ1) is 12.7. The molecule has 2 aliphatic rings. The molecule has 2 fully saturated rings. The van der Waals surface area contributed by atoms with Gasteiger partial charge in [-0.25, -0.2) is 8.42 Å². The third-order valence-electron chi connectivity index (χ3n) is 6.25. The highest BCUT2D eigenvalue weighted by molar-refractivity contribution is 7.89. The van der Waals surface area contributed by atoms with Crippen LogP contribution < -0.4 is 11.1 Å². The summed E-state index contributed by atoms with van der Waals surface area (Å²) in [4.78, 5) is 13.0. The van der Waals surface area contributed by atoms with E-state index < -0.39 is 10.0 Å². The van der Waals surface area contributed by atoms with Crippen molar-refractivity contribution in [1.82, 2.24) is 9.62 Å². The molecule has 1 saturated carbocycles. The number of piperidine rings is 1. The molecule has 3 rings (SSSR count). The Bertz CT molecular complexity index is 812. The van der Waals surface area contributed by atoms with E-state index in [1.165, 1.54) is 4.31 Å². The lowest BCUT2D eigenvalue weighted by molar-refractivity contribution is -0.128. The van der Waals surface area contributed by atoms with Gasteiger partial charge in [-0.05, 0) is 75.6 Å². The number of rotatable bonds is 6. The summed E-state index contributed by atoms with van der Waals surface area (Å²) < 4.78 is 27.3. The second-order valence-corrected chi connectivity index (χ2v) is 10.2. The summed E-state index contributed by atoms with van der Waals surface area (Å²) in [5, 5.41) is 3.14. The molecular weight excluding hydrogens is 362 g/mol. The largest absolute Gasteiger partial charge is 0.349 e. The number of hydrogen-bond donors (Lipinski definition) is 2. The van der Waals surface area contributed by atoms with E-state index in [1.807, 2.05) is 26.8 Å². The lowest BCUT2D eigenvalue weighted by Crippen LogP contribution is -2.55. The van der Waals surface area contributed by atoms with Gasteiger partial charge in [-0.15, -0.1) is 0 Å². The Kier molecular flexibility index (Phi) is 5.66. The minimum absolute atomic E-state index is 0.0121. The van der Waals surface area contributed by atoms with Gasteiger partial charge in [0, 0.05) is 25.6 Å². The van der Waals surface area contributed by atoms with Gasteiger partial charge < -0.3 is 11.1 Å². The van der Waals surface area contributed by atoms with E-state index in [1.54, 1.807) is 12.1 Å². The van der Waals surface area contributed by atoms with Crippen molar-refractivity contribution in [1.29, 1.82) is 0 Å². The van der Waals surface area contributed by atoms with Crippen molar-refractivity contribution in [2.45, 2.75) is 56.9 Å². The second kappa shape index (κ2) is 7.53. The van der Waals surface area contributed by atoms with Crippen LogP contribution in [0.5, 0.6) is 0 Å². The molecule has 0 bridgehead atoms. The van der Waals surface area contributed by atoms with Crippen LogP contribution in [0.15, 0.2) is 23.1 Å². The molecule has 1 saturated heterocycles. The van der Waals surface area contributed by atoms with Crippen LogP contribution in [0.3, 0.4) is 0 Å². The van der Waals surface area contributed by atoms with Crippen LogP contribution in [-0.4, -0.2) is 43.8 Å². The summed E-state index contributed by atoms with van der Waals surface area (Å²) in [5.41, 5.74) is 7.59. The molecular formula is C20H31N3O3S. The molecule has 1 unspecified atom stereocenters. The number of nitrogens with zero attached hydrogens (tertiary/aromatic N) is 1. The molecule has 1 atom stereocenters. The van der Waals surface area contributed by atoms with Crippen LogP contribution in [0.1, 0.15) is 43.7 Å². The fourth-order valence-electron chi connectivity index (χ4n) is 3.81. The third-order valence-corrected chi connectivity index (χ3v) is 8.15. The number of amides is 1. The summed E-state index contributed by atoms with van der Waals surface area (Å²) in [6, 6.07) is 5.23. The van der Waals surface area contributed by atoms with E-state index in [4.69, 9.17) is 5.73 Å². The van der Waals surface area contributed by atoms with Crippen LogP contribution in [0, 0.1) is 25.7 Å². The molecule has 0 spiro atoms. The van der Waals surface area contributed by atoms with Gasteiger partial charge >= 0.3 is 0 Å². The van der Waals surface area contributed by atoms with E-state index in [0.29, 0.717) is 43.3 Å². The second-order valence-electron chi connectivity index (χ2n) is 8.31. The van der Waals surface area contributed by atoms with Gasteiger partial charge in [-0.1, -0.05) is 6.07 Å². The maximum atomic E-state index is 12.9. The fourth-order valence-corrected chi connectivity index (χ4v) is 5.36. The van der Waals surface area contributed by atoms with Crippen molar-refractivity contribution in [3.8, 4) is 0 Å². The zero-order valence-corrected chi connectivity index (χ0v) is 17.3. The maximum Gasteiger partial charge on any atom is 0.243 e. The number of sulfonamides is 1. The number of carbonyl (C=O) groups excluding carboxylic acids is 1. The molecule has 6 nitrogen and oxygen atoms in total. The van der Waals surface area contributed by atoms with Gasteiger partial charge in [0.05, 0.1) is 10.4 Å². The molecule has 1 aliphatic heterocycles. The normalized spacial score (nSPS) is 21.6. The summed E-state index contributed by atoms with van der Waals surface area (Å²) in [6.45, 7) is 7.07. The number of benzene rings is 1. The van der Waals surface area contributed by atoms with Gasteiger partial charge in [0.2, 0.25) is 15.9 Å². The van der Waals surface area contributed by atoms with Crippen molar-refractivity contribution >= 4 is 15.9 Å². The molecule has 1 amide bonds. The molecule has 0 radical (unpaired) electrons. The Morgan fingerprint density at radius 3 is 2.33 bits per heavy atom. The van der Waals surface area contributed by atoms with Crippen LogP contribution in [-0.2, 0) is 14.8 Å². The Morgan fingerprint density at radius 1 is 1.19 bits per heavy atom. The van der Waals surface area contributed by atoms with Gasteiger partial charge in [0.1, 0.15) is 0 Å². The Labute approximate surface area is 162 Å². The summed E-state index contributed by atoms with van der Waals surface area (Å²) >= 11 is 0. The average molecular weight is 394 g/mol. The predicted octanol–water partition coefficient (Wildman–Crippen LogP) is 1.95. The van der Waals surface area contributed by atoms with Gasteiger partial charge in [-0.3, -0.25) is 4.79 Å². The summed E-state index contributed by atoms with van der Waals surface area (Å²) in [5.74, 6) is 0.329. The molecule has 0 aromatic heterocycles. The lowest BCUT2D eigenvalue weighted by atomic mass is 9.92. The van der Waals surface area contributed by atoms with Crippen molar-refractivity contribution in [3.05, 3.63) is 29.3 Å². The smallest absolute Gasteiger partial charge is 0.243 e. The van der Waals surface area contributed by atoms with E-state index in [0.717, 1.165) is 24.0 Å². The van der Waals surface area contributed by atoms with E-state index in [9.17, 15) is 13.2 Å². The summed E-state index contributed by atoms with van der Waals surface area (Å²) in [7, 11) is -3.51. The summed E-state index contributed by atoms with van der Waals surface area (Å²) in [6.07, 6.45) is 3.31. The van der Waals surface area contributed by atoms with Gasteiger partial charge in [-0.2, -0.15) is 4.31 Å². The van der Waals surface area contributed by atoms with Gasteiger partial charge in [0.15, 0.2) is 0 Å². The Morgan fingerprint density at radius 2 is 1.81 bits per heavy atom.